The van der Waals surface area contributed by atoms with Crippen LogP contribution in [0.1, 0.15) is 43.4 Å². The second kappa shape index (κ2) is 9.59. The molecule has 0 aromatic heterocycles. The molecule has 0 bridgehead atoms. The third kappa shape index (κ3) is 5.39. The molecule has 0 saturated heterocycles. The summed E-state index contributed by atoms with van der Waals surface area (Å²) in [5.74, 6) is -0.494. The van der Waals surface area contributed by atoms with Crippen LogP contribution in [0.3, 0.4) is 0 Å². The molecule has 3 aromatic rings. The molecule has 0 spiro atoms. The van der Waals surface area contributed by atoms with Crippen LogP contribution >= 0.6 is 0 Å². The molecule has 0 heterocycles. The summed E-state index contributed by atoms with van der Waals surface area (Å²) < 4.78 is 11.1. The second-order valence-electron chi connectivity index (χ2n) is 9.43. The number of alkyl carbamates (subject to hydrolysis) is 1. The van der Waals surface area contributed by atoms with Crippen molar-refractivity contribution in [2.45, 2.75) is 44.8 Å². The van der Waals surface area contributed by atoms with E-state index in [1.165, 1.54) is 12.1 Å². The van der Waals surface area contributed by atoms with Gasteiger partial charge in [0, 0.05) is 12.3 Å². The molecule has 6 heteroatoms. The Morgan fingerprint density at radius 1 is 0.912 bits per heavy atom. The Balaban J connectivity index is 1.46. The normalized spacial score (nSPS) is 13.5. The number of phenolic OH excluding ortho intramolecular Hbond substituents is 1. The van der Waals surface area contributed by atoms with Crippen molar-refractivity contribution >= 4 is 12.1 Å². The summed E-state index contributed by atoms with van der Waals surface area (Å²) in [4.78, 5) is 25.6. The summed E-state index contributed by atoms with van der Waals surface area (Å²) >= 11 is 0. The van der Waals surface area contributed by atoms with Gasteiger partial charge in [0.05, 0.1) is 0 Å². The zero-order valence-corrected chi connectivity index (χ0v) is 19.6. The fourth-order valence-corrected chi connectivity index (χ4v) is 4.22. The number of benzene rings is 3. The number of hydrogen-bond donors (Lipinski definition) is 2. The van der Waals surface area contributed by atoms with Crippen molar-refractivity contribution in [3.8, 4) is 16.9 Å². The molecule has 0 saturated carbocycles. The average Bonchev–Trinajstić information content (AvgIpc) is 3.11. The van der Waals surface area contributed by atoms with Gasteiger partial charge in [0.15, 0.2) is 0 Å². The van der Waals surface area contributed by atoms with E-state index in [-0.39, 0.29) is 24.7 Å². The van der Waals surface area contributed by atoms with E-state index in [0.29, 0.717) is 0 Å². The summed E-state index contributed by atoms with van der Waals surface area (Å²) in [6.45, 7) is 5.47. The highest BCUT2D eigenvalue weighted by atomic mass is 16.6. The molecule has 2 N–H and O–H groups in total. The van der Waals surface area contributed by atoms with Crippen molar-refractivity contribution in [3.63, 3.8) is 0 Å². The first-order chi connectivity index (χ1) is 16.2. The van der Waals surface area contributed by atoms with Gasteiger partial charge in [-0.05, 0) is 60.7 Å². The number of phenols is 1. The van der Waals surface area contributed by atoms with Crippen LogP contribution < -0.4 is 5.32 Å². The van der Waals surface area contributed by atoms with Crippen LogP contribution in [0.5, 0.6) is 5.75 Å². The lowest BCUT2D eigenvalue weighted by Crippen LogP contribution is -2.46. The highest BCUT2D eigenvalue weighted by Gasteiger charge is 2.31. The first kappa shape index (κ1) is 23.4. The molecule has 0 unspecified atom stereocenters. The van der Waals surface area contributed by atoms with Gasteiger partial charge in [-0.1, -0.05) is 60.7 Å². The Kier molecular flexibility index (Phi) is 6.59. The van der Waals surface area contributed by atoms with Crippen LogP contribution in [-0.2, 0) is 20.7 Å². The maximum atomic E-state index is 12.8. The van der Waals surface area contributed by atoms with Gasteiger partial charge >= 0.3 is 12.1 Å². The lowest BCUT2D eigenvalue weighted by Gasteiger charge is -2.25. The van der Waals surface area contributed by atoms with Gasteiger partial charge in [0.1, 0.15) is 24.0 Å². The Morgan fingerprint density at radius 3 is 2.03 bits per heavy atom. The zero-order chi connectivity index (χ0) is 24.3. The fraction of sp³-hybridized carbons (Fsp3) is 0.286. The average molecular weight is 460 g/mol. The van der Waals surface area contributed by atoms with Crippen LogP contribution in [0.25, 0.3) is 11.1 Å². The first-order valence-corrected chi connectivity index (χ1v) is 11.3. The molecule has 4 rings (SSSR count). The van der Waals surface area contributed by atoms with E-state index in [4.69, 9.17) is 9.47 Å². The van der Waals surface area contributed by atoms with E-state index in [0.717, 1.165) is 27.8 Å². The predicted octanol–water partition coefficient (Wildman–Crippen LogP) is 5.18. The van der Waals surface area contributed by atoms with E-state index in [1.54, 1.807) is 32.9 Å². The van der Waals surface area contributed by atoms with E-state index >= 15 is 0 Å². The number of nitrogens with one attached hydrogen (secondary N) is 1. The van der Waals surface area contributed by atoms with E-state index in [1.807, 2.05) is 24.3 Å². The molecule has 6 nitrogen and oxygen atoms in total. The van der Waals surface area contributed by atoms with Gasteiger partial charge in [-0.15, -0.1) is 0 Å². The highest BCUT2D eigenvalue weighted by Crippen LogP contribution is 2.44. The second-order valence-corrected chi connectivity index (χ2v) is 9.43. The molecular formula is C28H29NO5. The standard InChI is InChI=1S/C28H29NO5/c1-28(2,3)34-26(31)25(16-18-12-14-19(30)15-13-18)29-27(32)33-17-24-22-10-6-4-8-20(22)21-9-5-7-11-23(21)24/h4-15,24-25,30H,16-17H2,1-3H3,(H,29,32)/t25-/m0/s1. The Labute approximate surface area is 199 Å². The van der Waals surface area contributed by atoms with Crippen molar-refractivity contribution < 1.29 is 24.2 Å². The molecule has 3 aromatic carbocycles. The number of esters is 1. The first-order valence-electron chi connectivity index (χ1n) is 11.3. The Morgan fingerprint density at radius 2 is 1.47 bits per heavy atom. The molecule has 0 aliphatic heterocycles. The zero-order valence-electron chi connectivity index (χ0n) is 19.6. The molecule has 1 amide bonds. The molecule has 34 heavy (non-hydrogen) atoms. The van der Waals surface area contributed by atoms with Gasteiger partial charge in [0.25, 0.3) is 0 Å². The lowest BCUT2D eigenvalue weighted by atomic mass is 9.98. The number of ether oxygens (including phenoxy) is 2. The van der Waals surface area contributed by atoms with Gasteiger partial charge < -0.3 is 19.9 Å². The van der Waals surface area contributed by atoms with Crippen molar-refractivity contribution in [2.24, 2.45) is 0 Å². The molecule has 1 aliphatic rings. The smallest absolute Gasteiger partial charge is 0.407 e. The highest BCUT2D eigenvalue weighted by molar-refractivity contribution is 5.82. The monoisotopic (exact) mass is 459 g/mol. The Bertz CT molecular complexity index is 1130. The summed E-state index contributed by atoms with van der Waals surface area (Å²) in [5, 5.41) is 12.2. The molecule has 0 radical (unpaired) electrons. The SMILES string of the molecule is CC(C)(C)OC(=O)[C@H](Cc1ccc(O)cc1)NC(=O)OCC1c2ccccc2-c2ccccc21. The third-order valence-electron chi connectivity index (χ3n) is 5.70. The maximum absolute atomic E-state index is 12.8. The van der Waals surface area contributed by atoms with Gasteiger partial charge in [-0.2, -0.15) is 0 Å². The number of rotatable bonds is 6. The van der Waals surface area contributed by atoms with Crippen LogP contribution in [0.2, 0.25) is 0 Å². The van der Waals surface area contributed by atoms with Crippen LogP contribution in [0.4, 0.5) is 4.79 Å². The quantitative estimate of drug-likeness (QED) is 0.496. The topological polar surface area (TPSA) is 84.9 Å². The number of aromatic hydroxyl groups is 1. The van der Waals surface area contributed by atoms with E-state index in [9.17, 15) is 14.7 Å². The van der Waals surface area contributed by atoms with Crippen LogP contribution in [0.15, 0.2) is 72.8 Å². The molecule has 1 aliphatic carbocycles. The molecule has 176 valence electrons. The Hall–Kier alpha value is -3.80. The molecule has 0 fully saturated rings. The summed E-state index contributed by atoms with van der Waals surface area (Å²) in [6, 6.07) is 21.8. The summed E-state index contributed by atoms with van der Waals surface area (Å²) in [6.07, 6.45) is -0.476. The van der Waals surface area contributed by atoms with Crippen molar-refractivity contribution in [1.29, 1.82) is 0 Å². The minimum absolute atomic E-state index is 0.0739. The largest absolute Gasteiger partial charge is 0.508 e. The van der Waals surface area contributed by atoms with Gasteiger partial charge in [-0.25, -0.2) is 9.59 Å². The number of carbonyl (C=O) groups is 2. The maximum Gasteiger partial charge on any atom is 0.407 e. The van der Waals surface area contributed by atoms with Crippen molar-refractivity contribution in [2.75, 3.05) is 6.61 Å². The van der Waals surface area contributed by atoms with E-state index < -0.39 is 23.7 Å². The summed E-state index contributed by atoms with van der Waals surface area (Å²) in [5.41, 5.74) is 4.59. The summed E-state index contributed by atoms with van der Waals surface area (Å²) in [7, 11) is 0. The van der Waals surface area contributed by atoms with Crippen LogP contribution in [0, 0.1) is 0 Å². The van der Waals surface area contributed by atoms with E-state index in [2.05, 4.69) is 29.6 Å². The van der Waals surface area contributed by atoms with Crippen molar-refractivity contribution in [1.82, 2.24) is 5.32 Å². The predicted molar refractivity (Wildman–Crippen MR) is 130 cm³/mol. The number of carbonyl (C=O) groups excluding carboxylic acids is 2. The minimum Gasteiger partial charge on any atom is -0.508 e. The minimum atomic E-state index is -0.931. The fourth-order valence-electron chi connectivity index (χ4n) is 4.22. The number of hydrogen-bond acceptors (Lipinski definition) is 5. The van der Waals surface area contributed by atoms with Gasteiger partial charge in [0.2, 0.25) is 0 Å². The van der Waals surface area contributed by atoms with Crippen molar-refractivity contribution in [3.05, 3.63) is 89.5 Å². The molecular weight excluding hydrogens is 430 g/mol. The molecule has 1 atom stereocenters. The number of fused-ring (bicyclic) bond motifs is 3. The lowest BCUT2D eigenvalue weighted by molar-refractivity contribution is -0.157. The number of amides is 1. The van der Waals surface area contributed by atoms with Gasteiger partial charge in [-0.3, -0.25) is 0 Å². The van der Waals surface area contributed by atoms with Crippen LogP contribution in [-0.4, -0.2) is 35.4 Å². The third-order valence-corrected chi connectivity index (χ3v) is 5.70.